The van der Waals surface area contributed by atoms with Crippen LogP contribution < -0.4 is 10.2 Å². The van der Waals surface area contributed by atoms with E-state index in [1.807, 2.05) is 31.2 Å². The number of aryl methyl sites for hydroxylation is 1. The maximum Gasteiger partial charge on any atom is 0.255 e. The van der Waals surface area contributed by atoms with E-state index in [2.05, 4.69) is 5.32 Å². The van der Waals surface area contributed by atoms with Crippen LogP contribution in [0.2, 0.25) is 0 Å². The van der Waals surface area contributed by atoms with Gasteiger partial charge in [-0.1, -0.05) is 31.2 Å². The Labute approximate surface area is 170 Å². The van der Waals surface area contributed by atoms with Gasteiger partial charge in [-0.25, -0.2) is 0 Å². The van der Waals surface area contributed by atoms with Gasteiger partial charge >= 0.3 is 0 Å². The molecular formula is C24H24N2O3. The van der Waals surface area contributed by atoms with E-state index >= 15 is 0 Å². The number of nitrogens with one attached hydrogen (secondary N) is 1. The molecule has 5 heteroatoms. The largest absolute Gasteiger partial charge is 0.322 e. The second kappa shape index (κ2) is 6.83. The first-order valence-corrected chi connectivity index (χ1v) is 10.5. The number of para-hydroxylation sites is 1. The van der Waals surface area contributed by atoms with Gasteiger partial charge < -0.3 is 5.32 Å². The zero-order chi connectivity index (χ0) is 20.1. The third-order valence-electron chi connectivity index (χ3n) is 6.94. The molecule has 2 aromatic carbocycles. The Balaban J connectivity index is 1.41. The molecule has 3 amide bonds. The predicted octanol–water partition coefficient (Wildman–Crippen LogP) is 4.04. The highest BCUT2D eigenvalue weighted by Crippen LogP contribution is 2.56. The Morgan fingerprint density at radius 1 is 1.00 bits per heavy atom. The first-order chi connectivity index (χ1) is 14.1. The van der Waals surface area contributed by atoms with Crippen molar-refractivity contribution in [3.63, 3.8) is 0 Å². The van der Waals surface area contributed by atoms with Gasteiger partial charge in [0.1, 0.15) is 0 Å². The third-order valence-corrected chi connectivity index (χ3v) is 6.94. The smallest absolute Gasteiger partial charge is 0.255 e. The van der Waals surface area contributed by atoms with Crippen LogP contribution in [-0.2, 0) is 16.0 Å². The van der Waals surface area contributed by atoms with Gasteiger partial charge in [0.25, 0.3) is 5.91 Å². The standard InChI is InChI=1S/C24H24N2O3/c1-2-14-6-3-4-9-19(14)25-22(27)17-7-5-8-18(13-17)26-23(28)20-15-10-11-16(12-15)21(20)24(26)29/h3-9,13,15-16,20-21H,2,10-12H2,1H3,(H,25,27)/t15-,16-,20-,21+/m1/s1. The van der Waals surface area contributed by atoms with Crippen molar-refractivity contribution >= 4 is 29.1 Å². The van der Waals surface area contributed by atoms with E-state index in [0.29, 0.717) is 23.1 Å². The highest BCUT2D eigenvalue weighted by atomic mass is 16.2. The van der Waals surface area contributed by atoms with E-state index in [9.17, 15) is 14.4 Å². The number of rotatable bonds is 4. The van der Waals surface area contributed by atoms with Crippen LogP contribution in [0.5, 0.6) is 0 Å². The fourth-order valence-corrected chi connectivity index (χ4v) is 5.59. The molecule has 0 unspecified atom stereocenters. The molecular weight excluding hydrogens is 364 g/mol. The molecule has 1 aliphatic heterocycles. The van der Waals surface area contributed by atoms with E-state index in [4.69, 9.17) is 0 Å². The summed E-state index contributed by atoms with van der Waals surface area (Å²) in [7, 11) is 0. The predicted molar refractivity (Wildman–Crippen MR) is 111 cm³/mol. The number of hydrogen-bond acceptors (Lipinski definition) is 3. The van der Waals surface area contributed by atoms with Crippen molar-refractivity contribution in [1.29, 1.82) is 0 Å². The molecule has 4 atom stereocenters. The van der Waals surface area contributed by atoms with Crippen LogP contribution in [0.3, 0.4) is 0 Å². The number of hydrogen-bond donors (Lipinski definition) is 1. The summed E-state index contributed by atoms with van der Waals surface area (Å²) < 4.78 is 0. The molecule has 2 bridgehead atoms. The van der Waals surface area contributed by atoms with Crippen LogP contribution in [-0.4, -0.2) is 17.7 Å². The lowest BCUT2D eigenvalue weighted by molar-refractivity contribution is -0.123. The Morgan fingerprint density at radius 3 is 2.38 bits per heavy atom. The summed E-state index contributed by atoms with van der Waals surface area (Å²) in [5.74, 6) is -0.0217. The lowest BCUT2D eigenvalue weighted by Crippen LogP contribution is -2.33. The number of nitrogens with zero attached hydrogens (tertiary/aromatic N) is 1. The van der Waals surface area contributed by atoms with Crippen molar-refractivity contribution in [2.75, 3.05) is 10.2 Å². The summed E-state index contributed by atoms with van der Waals surface area (Å²) in [4.78, 5) is 40.2. The number of carbonyl (C=O) groups excluding carboxylic acids is 3. The maximum absolute atomic E-state index is 13.0. The third kappa shape index (κ3) is 2.79. The minimum absolute atomic E-state index is 0.0823. The molecule has 29 heavy (non-hydrogen) atoms. The topological polar surface area (TPSA) is 66.5 Å². The van der Waals surface area contributed by atoms with Crippen LogP contribution in [0.1, 0.15) is 42.1 Å². The molecule has 148 valence electrons. The van der Waals surface area contributed by atoms with Crippen molar-refractivity contribution in [3.8, 4) is 0 Å². The second-order valence-corrected chi connectivity index (χ2v) is 8.41. The average Bonchev–Trinajstić information content (AvgIpc) is 3.42. The molecule has 1 heterocycles. The summed E-state index contributed by atoms with van der Waals surface area (Å²) in [6.07, 6.45) is 3.94. The monoisotopic (exact) mass is 388 g/mol. The van der Waals surface area contributed by atoms with Gasteiger partial charge in [0, 0.05) is 11.3 Å². The van der Waals surface area contributed by atoms with Gasteiger partial charge in [-0.3, -0.25) is 19.3 Å². The van der Waals surface area contributed by atoms with Gasteiger partial charge in [0.15, 0.2) is 0 Å². The zero-order valence-corrected chi connectivity index (χ0v) is 16.4. The van der Waals surface area contributed by atoms with E-state index in [1.165, 1.54) is 4.90 Å². The summed E-state index contributed by atoms with van der Waals surface area (Å²) in [6.45, 7) is 2.04. The highest BCUT2D eigenvalue weighted by Gasteiger charge is 2.61. The highest BCUT2D eigenvalue weighted by molar-refractivity contribution is 6.23. The molecule has 1 saturated heterocycles. The first kappa shape index (κ1) is 18.1. The minimum Gasteiger partial charge on any atom is -0.322 e. The number of anilines is 2. The van der Waals surface area contributed by atoms with E-state index in [0.717, 1.165) is 36.9 Å². The SMILES string of the molecule is CCc1ccccc1NC(=O)c1cccc(N2C(=O)[C@@H]3[C@@H]4CC[C@H](C4)[C@@H]3C2=O)c1. The lowest BCUT2D eigenvalue weighted by atomic mass is 9.81. The van der Waals surface area contributed by atoms with Gasteiger partial charge in [0.05, 0.1) is 17.5 Å². The van der Waals surface area contributed by atoms with Gasteiger partial charge in [-0.2, -0.15) is 0 Å². The number of benzene rings is 2. The average molecular weight is 388 g/mol. The molecule has 0 aromatic heterocycles. The first-order valence-electron chi connectivity index (χ1n) is 10.5. The second-order valence-electron chi connectivity index (χ2n) is 8.41. The maximum atomic E-state index is 13.0. The molecule has 1 N–H and O–H groups in total. The molecule has 2 aliphatic carbocycles. The van der Waals surface area contributed by atoms with Crippen LogP contribution in [0.4, 0.5) is 11.4 Å². The Kier molecular flexibility index (Phi) is 4.26. The van der Waals surface area contributed by atoms with E-state index < -0.39 is 0 Å². The Morgan fingerprint density at radius 2 is 1.69 bits per heavy atom. The zero-order valence-electron chi connectivity index (χ0n) is 16.4. The molecule has 3 aliphatic rings. The summed E-state index contributed by atoms with van der Waals surface area (Å²) >= 11 is 0. The van der Waals surface area contributed by atoms with Crippen molar-refractivity contribution in [3.05, 3.63) is 59.7 Å². The number of imide groups is 1. The van der Waals surface area contributed by atoms with Crippen molar-refractivity contribution < 1.29 is 14.4 Å². The number of fused-ring (bicyclic) bond motifs is 5. The summed E-state index contributed by atoms with van der Waals surface area (Å²) in [6, 6.07) is 14.6. The quantitative estimate of drug-likeness (QED) is 0.804. The van der Waals surface area contributed by atoms with Gasteiger partial charge in [-0.05, 0) is 67.3 Å². The molecule has 0 radical (unpaired) electrons. The fourth-order valence-electron chi connectivity index (χ4n) is 5.59. The molecule has 3 fully saturated rings. The normalized spacial score (nSPS) is 27.4. The van der Waals surface area contributed by atoms with Crippen molar-refractivity contribution in [1.82, 2.24) is 0 Å². The minimum atomic E-state index is -0.243. The van der Waals surface area contributed by atoms with Crippen LogP contribution in [0.15, 0.2) is 48.5 Å². The molecule has 5 rings (SSSR count). The van der Waals surface area contributed by atoms with Crippen molar-refractivity contribution in [2.45, 2.75) is 32.6 Å². The Hall–Kier alpha value is -2.95. The van der Waals surface area contributed by atoms with Crippen LogP contribution in [0, 0.1) is 23.7 Å². The summed E-state index contributed by atoms with van der Waals surface area (Å²) in [5.41, 5.74) is 2.79. The van der Waals surface area contributed by atoms with Gasteiger partial charge in [0.2, 0.25) is 11.8 Å². The van der Waals surface area contributed by atoms with E-state index in [1.54, 1.807) is 24.3 Å². The Bertz CT molecular complexity index is 987. The number of amides is 3. The van der Waals surface area contributed by atoms with Gasteiger partial charge in [-0.15, -0.1) is 0 Å². The van der Waals surface area contributed by atoms with Crippen LogP contribution >= 0.6 is 0 Å². The molecule has 2 aromatic rings. The molecule has 0 spiro atoms. The van der Waals surface area contributed by atoms with E-state index in [-0.39, 0.29) is 29.6 Å². The van der Waals surface area contributed by atoms with Crippen molar-refractivity contribution in [2.24, 2.45) is 23.7 Å². The van der Waals surface area contributed by atoms with Crippen LogP contribution in [0.25, 0.3) is 0 Å². The lowest BCUT2D eigenvalue weighted by Gasteiger charge is -2.19. The molecule has 2 saturated carbocycles. The summed E-state index contributed by atoms with van der Waals surface area (Å²) in [5, 5.41) is 2.95. The molecule has 5 nitrogen and oxygen atoms in total. The number of carbonyl (C=O) groups is 3. The fraction of sp³-hybridized carbons (Fsp3) is 0.375.